The summed E-state index contributed by atoms with van der Waals surface area (Å²) >= 11 is 3.61. The number of unbranched alkanes of at least 4 members (excludes halogenated alkanes) is 1. The smallest absolute Gasteiger partial charge is 0.163 e. The maximum atomic E-state index is 6.03. The van der Waals surface area contributed by atoms with Crippen LogP contribution in [0.25, 0.3) is 33.1 Å². The molecule has 0 aliphatic heterocycles. The van der Waals surface area contributed by atoms with Gasteiger partial charge in [-0.3, -0.25) is 0 Å². The molecule has 6 heteroatoms. The van der Waals surface area contributed by atoms with Crippen LogP contribution in [-0.2, 0) is 6.54 Å². The lowest BCUT2D eigenvalue weighted by Gasteiger charge is -2.17. The highest BCUT2D eigenvalue weighted by Gasteiger charge is 2.18. The Morgan fingerprint density at radius 1 is 0.933 bits per heavy atom. The molecule has 2 aromatic heterocycles. The largest absolute Gasteiger partial charge is 0.487 e. The monoisotopic (exact) mass is 469 g/mol. The molecule has 0 bridgehead atoms. The van der Waals surface area contributed by atoms with Gasteiger partial charge in [0.25, 0.3) is 0 Å². The number of rotatable bonds is 7. The van der Waals surface area contributed by atoms with Gasteiger partial charge in [-0.15, -0.1) is 0 Å². The van der Waals surface area contributed by atoms with E-state index in [1.165, 1.54) is 0 Å². The van der Waals surface area contributed by atoms with Crippen LogP contribution in [0.4, 0.5) is 0 Å². The zero-order valence-electron chi connectivity index (χ0n) is 18.2. The summed E-state index contributed by atoms with van der Waals surface area (Å²) in [6.45, 7) is 11.2. The molecule has 0 aliphatic carbocycles. The van der Waals surface area contributed by atoms with Crippen LogP contribution < -0.4 is 9.47 Å². The van der Waals surface area contributed by atoms with Crippen molar-refractivity contribution in [2.45, 2.75) is 66.2 Å². The van der Waals surface area contributed by atoms with Gasteiger partial charge in [0.05, 0.1) is 28.8 Å². The molecule has 0 aliphatic rings. The molecule has 0 unspecified atom stereocenters. The number of nitrogens with zero attached hydrogens (tertiary/aromatic N) is 3. The van der Waals surface area contributed by atoms with E-state index in [1.807, 2.05) is 39.8 Å². The van der Waals surface area contributed by atoms with E-state index in [1.54, 1.807) is 0 Å². The maximum absolute atomic E-state index is 6.03. The fourth-order valence-electron chi connectivity index (χ4n) is 3.71. The highest BCUT2D eigenvalue weighted by Crippen LogP contribution is 2.36. The normalized spacial score (nSPS) is 12.0. The van der Waals surface area contributed by atoms with Crippen LogP contribution in [0.1, 0.15) is 47.5 Å². The summed E-state index contributed by atoms with van der Waals surface area (Å²) in [5.41, 5.74) is 4.62. The van der Waals surface area contributed by atoms with Crippen LogP contribution in [0.5, 0.6) is 11.5 Å². The Morgan fingerprint density at radius 2 is 1.57 bits per heavy atom. The molecule has 0 fully saturated rings. The number of aromatic nitrogens is 3. The summed E-state index contributed by atoms with van der Waals surface area (Å²) in [6.07, 6.45) is 2.31. The number of benzene rings is 2. The van der Waals surface area contributed by atoms with Crippen molar-refractivity contribution in [3.8, 4) is 11.5 Å². The summed E-state index contributed by atoms with van der Waals surface area (Å²) in [5.74, 6) is 1.41. The Bertz CT molecular complexity index is 1210. The van der Waals surface area contributed by atoms with Crippen molar-refractivity contribution in [3.63, 3.8) is 0 Å². The van der Waals surface area contributed by atoms with Crippen LogP contribution in [0, 0.1) is 0 Å². The molecule has 158 valence electrons. The van der Waals surface area contributed by atoms with Crippen molar-refractivity contribution < 1.29 is 9.47 Å². The number of fused-ring (bicyclic) bond motifs is 4. The molecule has 0 N–H and O–H groups in total. The predicted octanol–water partition coefficient (Wildman–Crippen LogP) is 6.87. The van der Waals surface area contributed by atoms with Crippen LogP contribution in [0.3, 0.4) is 0 Å². The Morgan fingerprint density at radius 3 is 2.17 bits per heavy atom. The van der Waals surface area contributed by atoms with E-state index >= 15 is 0 Å². The quantitative estimate of drug-likeness (QED) is 0.296. The average molecular weight is 470 g/mol. The van der Waals surface area contributed by atoms with E-state index in [4.69, 9.17) is 19.4 Å². The zero-order chi connectivity index (χ0) is 21.4. The maximum Gasteiger partial charge on any atom is 0.163 e. The number of ether oxygens (including phenoxy) is 2. The predicted molar refractivity (Wildman–Crippen MR) is 127 cm³/mol. The van der Waals surface area contributed by atoms with Gasteiger partial charge in [0, 0.05) is 28.5 Å². The van der Waals surface area contributed by atoms with Crippen LogP contribution in [0.2, 0.25) is 0 Å². The topological polar surface area (TPSA) is 49.2 Å². The lowest BCUT2D eigenvalue weighted by atomic mass is 10.2. The minimum atomic E-state index is 0.0422. The van der Waals surface area contributed by atoms with E-state index in [0.29, 0.717) is 11.5 Å². The molecule has 4 rings (SSSR count). The summed E-state index contributed by atoms with van der Waals surface area (Å²) in [5, 5.41) is 1.11. The van der Waals surface area contributed by atoms with Crippen molar-refractivity contribution in [2.24, 2.45) is 0 Å². The third-order valence-corrected chi connectivity index (χ3v) is 5.43. The SMILES string of the molecule is CCCCn1c2ccc(Br)cc2c2nc3cc(OC(C)C)c(OC(C)C)cc3nc21. The number of hydrogen-bond acceptors (Lipinski definition) is 4. The second-order valence-corrected chi connectivity index (χ2v) is 9.10. The van der Waals surface area contributed by atoms with Gasteiger partial charge in [-0.05, 0) is 52.3 Å². The zero-order valence-corrected chi connectivity index (χ0v) is 19.8. The Kier molecular flexibility index (Phi) is 5.87. The standard InChI is InChI=1S/C24H28BrN3O2/c1-6-7-10-28-20-9-8-16(25)11-17(20)23-24(28)27-19-13-22(30-15(4)5)21(29-14(2)3)12-18(19)26-23/h8-9,11-15H,6-7,10H2,1-5H3. The van der Waals surface area contributed by atoms with Gasteiger partial charge in [-0.1, -0.05) is 29.3 Å². The first-order chi connectivity index (χ1) is 14.4. The van der Waals surface area contributed by atoms with Crippen molar-refractivity contribution in [1.29, 1.82) is 0 Å². The molecule has 0 saturated carbocycles. The first-order valence-electron chi connectivity index (χ1n) is 10.6. The Hall–Kier alpha value is -2.34. The number of aryl methyl sites for hydroxylation is 1. The Labute approximate surface area is 185 Å². The molecular formula is C24H28BrN3O2. The summed E-state index contributed by atoms with van der Waals surface area (Å²) in [4.78, 5) is 10.1. The van der Waals surface area contributed by atoms with Crippen molar-refractivity contribution >= 4 is 49.0 Å². The molecule has 0 radical (unpaired) electrons. The minimum Gasteiger partial charge on any atom is -0.487 e. The van der Waals surface area contributed by atoms with Crippen LogP contribution in [-0.4, -0.2) is 26.7 Å². The highest BCUT2D eigenvalue weighted by molar-refractivity contribution is 9.10. The average Bonchev–Trinajstić information content (AvgIpc) is 2.96. The molecule has 2 aromatic carbocycles. The van der Waals surface area contributed by atoms with Gasteiger partial charge in [0.2, 0.25) is 0 Å². The fourth-order valence-corrected chi connectivity index (χ4v) is 4.07. The van der Waals surface area contributed by atoms with Crippen molar-refractivity contribution in [1.82, 2.24) is 14.5 Å². The third-order valence-electron chi connectivity index (χ3n) is 4.93. The third kappa shape index (κ3) is 3.97. The van der Waals surface area contributed by atoms with Gasteiger partial charge in [-0.25, -0.2) is 9.97 Å². The van der Waals surface area contributed by atoms with Gasteiger partial charge in [-0.2, -0.15) is 0 Å². The van der Waals surface area contributed by atoms with E-state index in [2.05, 4.69) is 45.6 Å². The molecule has 0 spiro atoms. The second-order valence-electron chi connectivity index (χ2n) is 8.18. The lowest BCUT2D eigenvalue weighted by molar-refractivity contribution is 0.199. The van der Waals surface area contributed by atoms with E-state index in [-0.39, 0.29) is 12.2 Å². The van der Waals surface area contributed by atoms with Crippen molar-refractivity contribution in [2.75, 3.05) is 0 Å². The molecule has 0 amide bonds. The van der Waals surface area contributed by atoms with Gasteiger partial charge in [0.1, 0.15) is 5.52 Å². The number of halogens is 1. The molecule has 0 saturated heterocycles. The van der Waals surface area contributed by atoms with E-state index in [0.717, 1.165) is 57.0 Å². The second kappa shape index (κ2) is 8.42. The first-order valence-corrected chi connectivity index (χ1v) is 11.4. The van der Waals surface area contributed by atoms with E-state index in [9.17, 15) is 0 Å². The van der Waals surface area contributed by atoms with Gasteiger partial charge >= 0.3 is 0 Å². The first kappa shape index (κ1) is 20.9. The molecule has 2 heterocycles. The molecule has 5 nitrogen and oxygen atoms in total. The van der Waals surface area contributed by atoms with Gasteiger partial charge in [0.15, 0.2) is 17.1 Å². The summed E-state index contributed by atoms with van der Waals surface area (Å²) in [6, 6.07) is 10.3. The Balaban J connectivity index is 2.00. The lowest BCUT2D eigenvalue weighted by Crippen LogP contribution is -2.11. The summed E-state index contributed by atoms with van der Waals surface area (Å²) in [7, 11) is 0. The van der Waals surface area contributed by atoms with Crippen LogP contribution >= 0.6 is 15.9 Å². The molecular weight excluding hydrogens is 442 g/mol. The fraction of sp³-hybridized carbons (Fsp3) is 0.417. The molecule has 4 aromatic rings. The minimum absolute atomic E-state index is 0.0422. The number of hydrogen-bond donors (Lipinski definition) is 0. The van der Waals surface area contributed by atoms with E-state index < -0.39 is 0 Å². The summed E-state index contributed by atoms with van der Waals surface area (Å²) < 4.78 is 15.4. The molecule has 0 atom stereocenters. The van der Waals surface area contributed by atoms with Crippen molar-refractivity contribution in [3.05, 3.63) is 34.8 Å². The molecule has 30 heavy (non-hydrogen) atoms. The van der Waals surface area contributed by atoms with Crippen LogP contribution in [0.15, 0.2) is 34.8 Å². The van der Waals surface area contributed by atoms with Gasteiger partial charge < -0.3 is 14.0 Å². The highest BCUT2D eigenvalue weighted by atomic mass is 79.9.